The van der Waals surface area contributed by atoms with Crippen LogP contribution in [0.5, 0.6) is 0 Å². The predicted molar refractivity (Wildman–Crippen MR) is 90.2 cm³/mol. The van der Waals surface area contributed by atoms with E-state index < -0.39 is 5.54 Å². The standard InChI is InChI=1S/C16H22ClNO2S/c1-4-20-14(19)16(9-15(2,3)10-21-11-16)18-13-7-5-6-12(17)8-13/h5-8,18H,4,9-11H2,1-3H3. The second-order valence-corrected chi connectivity index (χ2v) is 7.69. The van der Waals surface area contributed by atoms with Crippen LogP contribution >= 0.6 is 23.4 Å². The van der Waals surface area contributed by atoms with E-state index in [1.54, 1.807) is 11.8 Å². The highest BCUT2D eigenvalue weighted by Crippen LogP contribution is 2.41. The summed E-state index contributed by atoms with van der Waals surface area (Å²) in [6, 6.07) is 7.47. The zero-order valence-corrected chi connectivity index (χ0v) is 14.3. The largest absolute Gasteiger partial charge is 0.464 e. The van der Waals surface area contributed by atoms with E-state index in [1.807, 2.05) is 31.2 Å². The Morgan fingerprint density at radius 1 is 1.43 bits per heavy atom. The van der Waals surface area contributed by atoms with Gasteiger partial charge in [0.25, 0.3) is 0 Å². The van der Waals surface area contributed by atoms with Gasteiger partial charge in [-0.1, -0.05) is 31.5 Å². The number of anilines is 1. The van der Waals surface area contributed by atoms with Gasteiger partial charge in [-0.25, -0.2) is 4.79 Å². The number of hydrogen-bond acceptors (Lipinski definition) is 4. The Kier molecular flexibility index (Phi) is 5.10. The molecule has 1 N–H and O–H groups in total. The van der Waals surface area contributed by atoms with E-state index in [0.717, 1.165) is 17.9 Å². The molecule has 0 spiro atoms. The second-order valence-electron chi connectivity index (χ2n) is 6.27. The molecule has 1 atom stereocenters. The average Bonchev–Trinajstić information content (AvgIpc) is 2.37. The number of ether oxygens (including phenoxy) is 1. The number of carbonyl (C=O) groups is 1. The molecule has 1 unspecified atom stereocenters. The monoisotopic (exact) mass is 327 g/mol. The molecule has 5 heteroatoms. The van der Waals surface area contributed by atoms with Gasteiger partial charge in [0.15, 0.2) is 0 Å². The molecular weight excluding hydrogens is 306 g/mol. The van der Waals surface area contributed by atoms with Crippen molar-refractivity contribution in [3.05, 3.63) is 29.3 Å². The number of benzene rings is 1. The van der Waals surface area contributed by atoms with Gasteiger partial charge in [-0.2, -0.15) is 11.8 Å². The summed E-state index contributed by atoms with van der Waals surface area (Å²) in [5.74, 6) is 1.58. The lowest BCUT2D eigenvalue weighted by atomic mass is 9.79. The van der Waals surface area contributed by atoms with Crippen molar-refractivity contribution < 1.29 is 9.53 Å². The molecule has 0 amide bonds. The van der Waals surface area contributed by atoms with Crippen LogP contribution < -0.4 is 5.32 Å². The molecule has 0 aromatic heterocycles. The van der Waals surface area contributed by atoms with E-state index in [4.69, 9.17) is 16.3 Å². The summed E-state index contributed by atoms with van der Waals surface area (Å²) in [5, 5.41) is 4.05. The summed E-state index contributed by atoms with van der Waals surface area (Å²) in [4.78, 5) is 12.6. The molecule has 116 valence electrons. The van der Waals surface area contributed by atoms with Crippen molar-refractivity contribution in [1.29, 1.82) is 0 Å². The van der Waals surface area contributed by atoms with Crippen molar-refractivity contribution in [3.63, 3.8) is 0 Å². The van der Waals surface area contributed by atoms with Crippen LogP contribution in [0.3, 0.4) is 0 Å². The third kappa shape index (κ3) is 4.07. The van der Waals surface area contributed by atoms with Gasteiger partial charge in [0, 0.05) is 16.5 Å². The predicted octanol–water partition coefficient (Wildman–Crippen LogP) is 4.22. The third-order valence-corrected chi connectivity index (χ3v) is 5.41. The van der Waals surface area contributed by atoms with E-state index in [-0.39, 0.29) is 11.4 Å². The van der Waals surface area contributed by atoms with Crippen LogP contribution in [-0.4, -0.2) is 29.6 Å². The molecule has 1 aliphatic heterocycles. The molecule has 3 nitrogen and oxygen atoms in total. The number of hydrogen-bond donors (Lipinski definition) is 1. The zero-order chi connectivity index (χ0) is 15.5. The number of halogens is 1. The summed E-state index contributed by atoms with van der Waals surface area (Å²) < 4.78 is 5.33. The Balaban J connectivity index is 2.29. The minimum atomic E-state index is -0.687. The van der Waals surface area contributed by atoms with Gasteiger partial charge in [-0.05, 0) is 42.7 Å². The van der Waals surface area contributed by atoms with E-state index >= 15 is 0 Å². The lowest BCUT2D eigenvalue weighted by Gasteiger charge is -2.43. The molecular formula is C16H22ClNO2S. The number of thioether (sulfide) groups is 1. The molecule has 0 radical (unpaired) electrons. The van der Waals surface area contributed by atoms with Crippen molar-refractivity contribution in [3.8, 4) is 0 Å². The normalized spacial score (nSPS) is 24.4. The van der Waals surface area contributed by atoms with Crippen LogP contribution in [0, 0.1) is 5.41 Å². The van der Waals surface area contributed by atoms with Gasteiger partial charge in [0.2, 0.25) is 0 Å². The molecule has 1 aromatic rings. The van der Waals surface area contributed by atoms with Crippen LogP contribution in [0.4, 0.5) is 5.69 Å². The van der Waals surface area contributed by atoms with Gasteiger partial charge in [0.05, 0.1) is 6.61 Å². The Morgan fingerprint density at radius 3 is 2.81 bits per heavy atom. The molecule has 1 saturated heterocycles. The molecule has 0 saturated carbocycles. The van der Waals surface area contributed by atoms with Crippen molar-refractivity contribution in [2.75, 3.05) is 23.4 Å². The third-order valence-electron chi connectivity index (χ3n) is 3.50. The van der Waals surface area contributed by atoms with Crippen LogP contribution in [0.25, 0.3) is 0 Å². The van der Waals surface area contributed by atoms with E-state index in [9.17, 15) is 4.79 Å². The quantitative estimate of drug-likeness (QED) is 0.840. The first kappa shape index (κ1) is 16.5. The van der Waals surface area contributed by atoms with Crippen LogP contribution in [0.1, 0.15) is 27.2 Å². The minimum Gasteiger partial charge on any atom is -0.464 e. The summed E-state index contributed by atoms with van der Waals surface area (Å²) >= 11 is 7.83. The van der Waals surface area contributed by atoms with Gasteiger partial charge in [-0.15, -0.1) is 0 Å². The Bertz CT molecular complexity index is 521. The maximum atomic E-state index is 12.6. The summed E-state index contributed by atoms with van der Waals surface area (Å²) in [5.41, 5.74) is 0.253. The molecule has 0 aliphatic carbocycles. The maximum absolute atomic E-state index is 12.6. The van der Waals surface area contributed by atoms with Crippen LogP contribution in [0.2, 0.25) is 5.02 Å². The van der Waals surface area contributed by atoms with E-state index in [2.05, 4.69) is 19.2 Å². The fourth-order valence-electron chi connectivity index (χ4n) is 2.79. The smallest absolute Gasteiger partial charge is 0.332 e. The Labute approximate surface area is 135 Å². The molecule has 2 rings (SSSR count). The van der Waals surface area contributed by atoms with E-state index in [1.165, 1.54) is 0 Å². The van der Waals surface area contributed by atoms with Gasteiger partial charge in [-0.3, -0.25) is 0 Å². The average molecular weight is 328 g/mol. The number of nitrogens with one attached hydrogen (secondary N) is 1. The Hall–Kier alpha value is -0.870. The maximum Gasteiger partial charge on any atom is 0.332 e. The SMILES string of the molecule is CCOC(=O)C1(Nc2cccc(Cl)c2)CSCC(C)(C)C1. The van der Waals surface area contributed by atoms with Gasteiger partial charge >= 0.3 is 5.97 Å². The van der Waals surface area contributed by atoms with Crippen molar-refractivity contribution in [1.82, 2.24) is 0 Å². The summed E-state index contributed by atoms with van der Waals surface area (Å²) in [6.45, 7) is 6.61. The first-order valence-corrected chi connectivity index (χ1v) is 8.69. The first-order valence-electron chi connectivity index (χ1n) is 7.16. The van der Waals surface area contributed by atoms with Crippen LogP contribution in [0.15, 0.2) is 24.3 Å². The van der Waals surface area contributed by atoms with Crippen molar-refractivity contribution >= 4 is 35.0 Å². The number of esters is 1. The fraction of sp³-hybridized carbons (Fsp3) is 0.562. The molecule has 1 fully saturated rings. The summed E-state index contributed by atoms with van der Waals surface area (Å²) in [6.07, 6.45) is 0.748. The Morgan fingerprint density at radius 2 is 2.19 bits per heavy atom. The molecule has 1 aromatic carbocycles. The first-order chi connectivity index (χ1) is 9.87. The number of carbonyl (C=O) groups excluding carboxylic acids is 1. The van der Waals surface area contributed by atoms with Crippen molar-refractivity contribution in [2.45, 2.75) is 32.7 Å². The van der Waals surface area contributed by atoms with Crippen molar-refractivity contribution in [2.24, 2.45) is 5.41 Å². The summed E-state index contributed by atoms with van der Waals surface area (Å²) in [7, 11) is 0. The minimum absolute atomic E-state index is 0.0846. The lowest BCUT2D eigenvalue weighted by Crippen LogP contribution is -2.55. The molecule has 0 bridgehead atoms. The highest BCUT2D eigenvalue weighted by molar-refractivity contribution is 7.99. The van der Waals surface area contributed by atoms with Crippen LogP contribution in [-0.2, 0) is 9.53 Å². The molecule has 1 heterocycles. The number of rotatable bonds is 4. The fourth-order valence-corrected chi connectivity index (χ4v) is 4.38. The highest BCUT2D eigenvalue weighted by Gasteiger charge is 2.47. The molecule has 1 aliphatic rings. The van der Waals surface area contributed by atoms with Gasteiger partial charge < -0.3 is 10.1 Å². The topological polar surface area (TPSA) is 38.3 Å². The lowest BCUT2D eigenvalue weighted by molar-refractivity contribution is -0.149. The van der Waals surface area contributed by atoms with Gasteiger partial charge in [0.1, 0.15) is 5.54 Å². The highest BCUT2D eigenvalue weighted by atomic mass is 35.5. The van der Waals surface area contributed by atoms with E-state index in [0.29, 0.717) is 17.4 Å². The molecule has 21 heavy (non-hydrogen) atoms. The zero-order valence-electron chi connectivity index (χ0n) is 12.7. The second kappa shape index (κ2) is 6.49.